The molecule has 1 unspecified atom stereocenters. The third-order valence-electron chi connectivity index (χ3n) is 7.95. The Morgan fingerprint density at radius 2 is 1.50 bits per heavy atom. The summed E-state index contributed by atoms with van der Waals surface area (Å²) in [6.07, 6.45) is -2.90. The van der Waals surface area contributed by atoms with Crippen LogP contribution in [-0.2, 0) is 15.4 Å². The van der Waals surface area contributed by atoms with Crippen LogP contribution in [0.1, 0.15) is 32.4 Å². The molecule has 0 saturated carbocycles. The van der Waals surface area contributed by atoms with Gasteiger partial charge in [0.1, 0.15) is 5.69 Å². The largest absolute Gasteiger partial charge is 0.416 e. The molecule has 46 heavy (non-hydrogen) atoms. The van der Waals surface area contributed by atoms with Gasteiger partial charge in [-0.15, -0.1) is 0 Å². The quantitative estimate of drug-likeness (QED) is 0.103. The van der Waals surface area contributed by atoms with Crippen molar-refractivity contribution in [2.24, 2.45) is 0 Å². The highest BCUT2D eigenvalue weighted by molar-refractivity contribution is 6.99. The second-order valence-electron chi connectivity index (χ2n) is 12.0. The monoisotopic (exact) mass is 646 g/mol. The van der Waals surface area contributed by atoms with Crippen molar-refractivity contribution in [2.75, 3.05) is 13.2 Å². The number of carbonyl (C=O) groups excluding carboxylic acids is 1. The highest BCUT2D eigenvalue weighted by Crippen LogP contribution is 2.38. The van der Waals surface area contributed by atoms with E-state index in [1.807, 2.05) is 36.4 Å². The minimum atomic E-state index is -4.48. The first-order valence-corrected chi connectivity index (χ1v) is 16.6. The van der Waals surface area contributed by atoms with Gasteiger partial charge in [0.25, 0.3) is 14.2 Å². The van der Waals surface area contributed by atoms with Gasteiger partial charge in [-0.3, -0.25) is 4.79 Å². The molecule has 5 aromatic rings. The van der Waals surface area contributed by atoms with Crippen LogP contribution in [0.15, 0.2) is 116 Å². The van der Waals surface area contributed by atoms with Gasteiger partial charge >= 0.3 is 6.18 Å². The van der Waals surface area contributed by atoms with Gasteiger partial charge in [0, 0.05) is 23.7 Å². The lowest BCUT2D eigenvalue weighted by atomic mass is 10.1. The average molecular weight is 647 g/mol. The molecule has 0 bridgehead atoms. The van der Waals surface area contributed by atoms with Gasteiger partial charge in [-0.1, -0.05) is 100 Å². The summed E-state index contributed by atoms with van der Waals surface area (Å²) in [6, 6.07) is 27.6. The first-order chi connectivity index (χ1) is 21.8. The van der Waals surface area contributed by atoms with E-state index in [4.69, 9.17) is 9.52 Å². The van der Waals surface area contributed by atoms with Crippen LogP contribution in [0.2, 0.25) is 5.04 Å². The Kier molecular flexibility index (Phi) is 9.27. The van der Waals surface area contributed by atoms with Crippen LogP contribution in [0.3, 0.4) is 0 Å². The molecule has 0 aliphatic rings. The van der Waals surface area contributed by atoms with Crippen LogP contribution in [0.4, 0.5) is 17.6 Å². The molecule has 1 amide bonds. The van der Waals surface area contributed by atoms with Gasteiger partial charge in [-0.2, -0.15) is 18.3 Å². The summed E-state index contributed by atoms with van der Waals surface area (Å²) in [4.78, 5) is 16.9. The van der Waals surface area contributed by atoms with Crippen LogP contribution in [0.25, 0.3) is 22.3 Å². The molecule has 6 nitrogen and oxygen atoms in total. The van der Waals surface area contributed by atoms with E-state index in [0.29, 0.717) is 22.3 Å². The fraction of sp³-hybridized carbons (Fsp3) is 0.229. The SMILES string of the molecule is C=C(F)C(=O)NCC(CO[Si](c1ccccc1)(c1ccccc1)C(C)(C)C)n1nc(-c2ccc(C(F)(F)F)cc2)c2cccnc21. The number of fused-ring (bicyclic) bond motifs is 1. The molecule has 238 valence electrons. The van der Waals surface area contributed by atoms with E-state index in [-0.39, 0.29) is 18.2 Å². The molecule has 0 radical (unpaired) electrons. The van der Waals surface area contributed by atoms with E-state index in [1.165, 1.54) is 12.1 Å². The standard InChI is InChI=1S/C35H34F4N4O2Si/c1-24(36)33(44)41-22-27(23-45-46(34(2,3)4,28-12-7-5-8-13-28)29-14-9-6-10-15-29)43-32-30(16-11-21-40-32)31(42-43)25-17-19-26(20-18-25)35(37,38)39/h5-21,27H,1,22-23H2,2-4H3,(H,41,44). The summed E-state index contributed by atoms with van der Waals surface area (Å²) in [7, 11) is -3.04. The Morgan fingerprint density at radius 1 is 0.913 bits per heavy atom. The van der Waals surface area contributed by atoms with Gasteiger partial charge in [-0.25, -0.2) is 14.1 Å². The molecule has 0 saturated heterocycles. The van der Waals surface area contributed by atoms with Crippen molar-refractivity contribution in [1.82, 2.24) is 20.1 Å². The zero-order valence-corrected chi connectivity index (χ0v) is 26.7. The number of nitrogens with one attached hydrogen (secondary N) is 1. The maximum atomic E-state index is 13.8. The Balaban J connectivity index is 1.63. The zero-order valence-electron chi connectivity index (χ0n) is 25.7. The highest BCUT2D eigenvalue weighted by Gasteiger charge is 2.50. The van der Waals surface area contributed by atoms with E-state index in [0.717, 1.165) is 22.5 Å². The number of rotatable bonds is 10. The topological polar surface area (TPSA) is 69.0 Å². The number of aromatic nitrogens is 3. The van der Waals surface area contributed by atoms with Crippen LogP contribution in [0, 0.1) is 0 Å². The van der Waals surface area contributed by atoms with Crippen molar-refractivity contribution in [3.05, 3.63) is 121 Å². The maximum Gasteiger partial charge on any atom is 0.416 e. The number of halogens is 4. The lowest BCUT2D eigenvalue weighted by molar-refractivity contribution is -0.137. The number of hydrogen-bond donors (Lipinski definition) is 1. The number of amides is 1. The van der Waals surface area contributed by atoms with E-state index < -0.39 is 37.8 Å². The normalized spacial score (nSPS) is 13.0. The molecule has 0 fully saturated rings. The van der Waals surface area contributed by atoms with Crippen LogP contribution < -0.4 is 15.7 Å². The van der Waals surface area contributed by atoms with Gasteiger partial charge in [0.05, 0.1) is 18.2 Å². The first-order valence-electron chi connectivity index (χ1n) is 14.7. The Labute approximate surface area is 265 Å². The van der Waals surface area contributed by atoms with Crippen LogP contribution in [0.5, 0.6) is 0 Å². The number of alkyl halides is 3. The maximum absolute atomic E-state index is 13.8. The van der Waals surface area contributed by atoms with Gasteiger partial charge in [0.2, 0.25) is 0 Å². The first kappa shape index (κ1) is 32.8. The van der Waals surface area contributed by atoms with Gasteiger partial charge in [-0.05, 0) is 39.7 Å². The summed E-state index contributed by atoms with van der Waals surface area (Å²) >= 11 is 0. The number of pyridine rings is 1. The Hall–Kier alpha value is -4.61. The molecule has 2 aromatic heterocycles. The van der Waals surface area contributed by atoms with Crippen LogP contribution >= 0.6 is 0 Å². The second-order valence-corrected chi connectivity index (χ2v) is 16.3. The fourth-order valence-electron chi connectivity index (χ4n) is 5.76. The third-order valence-corrected chi connectivity index (χ3v) is 13.0. The highest BCUT2D eigenvalue weighted by atomic mass is 28.4. The van der Waals surface area contributed by atoms with Crippen molar-refractivity contribution in [3.63, 3.8) is 0 Å². The fourth-order valence-corrected chi connectivity index (χ4v) is 10.4. The summed E-state index contributed by atoms with van der Waals surface area (Å²) in [5, 5.41) is 9.73. The average Bonchev–Trinajstić information content (AvgIpc) is 3.42. The predicted molar refractivity (Wildman–Crippen MR) is 174 cm³/mol. The summed E-state index contributed by atoms with van der Waals surface area (Å²) in [5.41, 5.74) is 0.525. The molecular weight excluding hydrogens is 612 g/mol. The number of hydrogen-bond acceptors (Lipinski definition) is 4. The third kappa shape index (κ3) is 6.51. The van der Waals surface area contributed by atoms with E-state index >= 15 is 0 Å². The summed E-state index contributed by atoms with van der Waals surface area (Å²) in [6.45, 7) is 9.47. The molecule has 0 aliphatic heterocycles. The zero-order chi connectivity index (χ0) is 33.1. The summed E-state index contributed by atoms with van der Waals surface area (Å²) < 4.78 is 62.4. The van der Waals surface area contributed by atoms with Crippen molar-refractivity contribution in [3.8, 4) is 11.3 Å². The molecule has 0 spiro atoms. The number of benzene rings is 3. The molecule has 2 heterocycles. The molecule has 11 heteroatoms. The molecule has 0 aliphatic carbocycles. The molecular formula is C35H34F4N4O2Si. The van der Waals surface area contributed by atoms with Crippen molar-refractivity contribution < 1.29 is 26.8 Å². The minimum absolute atomic E-state index is 0.0477. The Morgan fingerprint density at radius 3 is 2.02 bits per heavy atom. The smallest absolute Gasteiger partial charge is 0.405 e. The van der Waals surface area contributed by atoms with Gasteiger partial charge < -0.3 is 9.74 Å². The molecule has 3 aromatic carbocycles. The molecule has 1 atom stereocenters. The number of nitrogens with zero attached hydrogens (tertiary/aromatic N) is 3. The van der Waals surface area contributed by atoms with Gasteiger partial charge in [0.15, 0.2) is 11.5 Å². The van der Waals surface area contributed by atoms with E-state index in [1.54, 1.807) is 23.0 Å². The molecule has 1 N–H and O–H groups in total. The second kappa shape index (κ2) is 13.0. The predicted octanol–water partition coefficient (Wildman–Crippen LogP) is 6.83. The lowest BCUT2D eigenvalue weighted by Crippen LogP contribution is -2.67. The van der Waals surface area contributed by atoms with Crippen LogP contribution in [-0.4, -0.2) is 42.1 Å². The van der Waals surface area contributed by atoms with Crippen molar-refractivity contribution >= 4 is 35.6 Å². The minimum Gasteiger partial charge on any atom is -0.405 e. The Bertz CT molecular complexity index is 1780. The lowest BCUT2D eigenvalue weighted by Gasteiger charge is -2.43. The number of carbonyl (C=O) groups is 1. The van der Waals surface area contributed by atoms with E-state index in [2.05, 4.69) is 61.9 Å². The summed E-state index contributed by atoms with van der Waals surface area (Å²) in [5.74, 6) is -2.11. The molecule has 5 rings (SSSR count). The van der Waals surface area contributed by atoms with Crippen molar-refractivity contribution in [1.29, 1.82) is 0 Å². The van der Waals surface area contributed by atoms with E-state index in [9.17, 15) is 22.4 Å². The van der Waals surface area contributed by atoms with Crippen molar-refractivity contribution in [2.45, 2.75) is 38.0 Å².